The Morgan fingerprint density at radius 3 is 2.74 bits per heavy atom. The zero-order chi connectivity index (χ0) is 13.4. The number of rotatable bonds is 2. The number of aromatic nitrogens is 1. The molecule has 0 bridgehead atoms. The first-order chi connectivity index (χ1) is 9.18. The van der Waals surface area contributed by atoms with Crippen molar-refractivity contribution in [3.05, 3.63) is 30.0 Å². The zero-order valence-corrected chi connectivity index (χ0v) is 11.8. The van der Waals surface area contributed by atoms with Gasteiger partial charge >= 0.3 is 0 Å². The second-order valence-corrected chi connectivity index (χ2v) is 5.77. The number of nitrogens with one attached hydrogen (secondary N) is 1. The van der Waals surface area contributed by atoms with Crippen LogP contribution in [0.1, 0.15) is 31.4 Å². The summed E-state index contributed by atoms with van der Waals surface area (Å²) in [5.74, 6) is 0. The normalized spacial score (nSPS) is 23.7. The van der Waals surface area contributed by atoms with Crippen LogP contribution in [-0.2, 0) is 0 Å². The van der Waals surface area contributed by atoms with Gasteiger partial charge in [-0.1, -0.05) is 31.0 Å². The Kier molecular flexibility index (Phi) is 3.23. The van der Waals surface area contributed by atoms with Gasteiger partial charge in [-0.2, -0.15) is 0 Å². The third kappa shape index (κ3) is 2.12. The van der Waals surface area contributed by atoms with Gasteiger partial charge in [0.25, 0.3) is 0 Å². The summed E-state index contributed by atoms with van der Waals surface area (Å²) < 4.78 is 0. The van der Waals surface area contributed by atoms with Gasteiger partial charge in [-0.25, -0.2) is 0 Å². The fourth-order valence-electron chi connectivity index (χ4n) is 3.50. The molecule has 1 aromatic carbocycles. The Hall–Kier alpha value is -1.48. The predicted octanol–water partition coefficient (Wildman–Crippen LogP) is 3.18. The number of H-pyrrole nitrogens is 1. The molecule has 0 amide bonds. The van der Waals surface area contributed by atoms with Gasteiger partial charge in [0.05, 0.1) is 5.69 Å². The molecule has 3 rings (SSSR count). The van der Waals surface area contributed by atoms with Crippen LogP contribution in [0, 0.1) is 6.92 Å². The number of anilines is 1. The third-order valence-corrected chi connectivity index (χ3v) is 4.49. The highest BCUT2D eigenvalue weighted by Gasteiger charge is 2.27. The first-order valence-corrected chi connectivity index (χ1v) is 7.24. The number of aromatic amines is 1. The first-order valence-electron chi connectivity index (χ1n) is 7.24. The highest BCUT2D eigenvalue weighted by atomic mass is 15.2. The van der Waals surface area contributed by atoms with Crippen molar-refractivity contribution in [1.82, 2.24) is 4.98 Å². The van der Waals surface area contributed by atoms with Crippen molar-refractivity contribution in [2.45, 2.75) is 44.7 Å². The topological polar surface area (TPSA) is 45.0 Å². The molecular weight excluding hydrogens is 234 g/mol. The van der Waals surface area contributed by atoms with E-state index in [1.54, 1.807) is 0 Å². The number of likely N-dealkylation sites (N-methyl/N-ethyl adjacent to an activating group) is 1. The van der Waals surface area contributed by atoms with E-state index in [0.29, 0.717) is 12.1 Å². The molecule has 2 aromatic rings. The van der Waals surface area contributed by atoms with Crippen LogP contribution in [0.5, 0.6) is 0 Å². The van der Waals surface area contributed by atoms with Crippen LogP contribution in [0.4, 0.5) is 5.69 Å². The largest absolute Gasteiger partial charge is 0.368 e. The van der Waals surface area contributed by atoms with E-state index >= 15 is 0 Å². The van der Waals surface area contributed by atoms with Gasteiger partial charge in [-0.15, -0.1) is 0 Å². The zero-order valence-electron chi connectivity index (χ0n) is 11.8. The van der Waals surface area contributed by atoms with Gasteiger partial charge < -0.3 is 15.6 Å². The summed E-state index contributed by atoms with van der Waals surface area (Å²) >= 11 is 0. The molecule has 1 aliphatic carbocycles. The number of benzene rings is 1. The Balaban J connectivity index is 2.01. The molecule has 0 aliphatic heterocycles. The van der Waals surface area contributed by atoms with E-state index < -0.39 is 0 Å². The van der Waals surface area contributed by atoms with Crippen molar-refractivity contribution >= 4 is 16.6 Å². The van der Waals surface area contributed by atoms with E-state index in [9.17, 15) is 0 Å². The molecule has 0 saturated heterocycles. The number of fused-ring (bicyclic) bond motifs is 1. The maximum Gasteiger partial charge on any atom is 0.0654 e. The fraction of sp³-hybridized carbons (Fsp3) is 0.500. The van der Waals surface area contributed by atoms with Gasteiger partial charge in [0.1, 0.15) is 0 Å². The van der Waals surface area contributed by atoms with Crippen LogP contribution in [0.2, 0.25) is 0 Å². The molecule has 3 nitrogen and oxygen atoms in total. The van der Waals surface area contributed by atoms with E-state index in [1.165, 1.54) is 41.5 Å². The molecule has 19 heavy (non-hydrogen) atoms. The van der Waals surface area contributed by atoms with Crippen molar-refractivity contribution in [2.75, 3.05) is 11.9 Å². The molecule has 1 saturated carbocycles. The summed E-state index contributed by atoms with van der Waals surface area (Å²) in [7, 11) is 2.19. The van der Waals surface area contributed by atoms with Gasteiger partial charge in [0.15, 0.2) is 0 Å². The number of para-hydroxylation sites is 1. The van der Waals surface area contributed by atoms with Crippen molar-refractivity contribution in [3.63, 3.8) is 0 Å². The number of hydrogen-bond donors (Lipinski definition) is 2. The SMILES string of the molecule is Cc1[nH]c2ccccc2c1N(C)C1CCCCC1N. The van der Waals surface area contributed by atoms with Crippen molar-refractivity contribution < 1.29 is 0 Å². The second kappa shape index (κ2) is 4.89. The average Bonchev–Trinajstić information content (AvgIpc) is 2.74. The van der Waals surface area contributed by atoms with Crippen molar-refractivity contribution in [2.24, 2.45) is 5.73 Å². The van der Waals surface area contributed by atoms with Crippen LogP contribution in [0.25, 0.3) is 10.9 Å². The monoisotopic (exact) mass is 257 g/mol. The van der Waals surface area contributed by atoms with Gasteiger partial charge in [-0.05, 0) is 25.8 Å². The molecule has 2 atom stereocenters. The Bertz CT molecular complexity index is 572. The minimum absolute atomic E-state index is 0.298. The summed E-state index contributed by atoms with van der Waals surface area (Å²) in [6, 6.07) is 9.28. The molecule has 3 N–H and O–H groups in total. The lowest BCUT2D eigenvalue weighted by atomic mass is 9.89. The Labute approximate surface area is 114 Å². The first kappa shape index (κ1) is 12.5. The van der Waals surface area contributed by atoms with Crippen LogP contribution in [-0.4, -0.2) is 24.1 Å². The van der Waals surface area contributed by atoms with Gasteiger partial charge in [0, 0.05) is 35.7 Å². The molecule has 0 radical (unpaired) electrons. The Morgan fingerprint density at radius 2 is 1.95 bits per heavy atom. The van der Waals surface area contributed by atoms with E-state index in [1.807, 2.05) is 0 Å². The molecule has 0 spiro atoms. The minimum atomic E-state index is 0.298. The number of nitrogens with zero attached hydrogens (tertiary/aromatic N) is 1. The maximum absolute atomic E-state index is 6.33. The summed E-state index contributed by atoms with van der Waals surface area (Å²) in [6.07, 6.45) is 4.93. The van der Waals surface area contributed by atoms with Crippen LogP contribution in [0.15, 0.2) is 24.3 Å². The minimum Gasteiger partial charge on any atom is -0.368 e. The van der Waals surface area contributed by atoms with Crippen LogP contribution >= 0.6 is 0 Å². The molecule has 102 valence electrons. The summed E-state index contributed by atoms with van der Waals surface area (Å²) in [4.78, 5) is 5.88. The third-order valence-electron chi connectivity index (χ3n) is 4.49. The van der Waals surface area contributed by atoms with E-state index in [2.05, 4.69) is 48.1 Å². The number of aryl methyl sites for hydroxylation is 1. The standard InChI is InChI=1S/C16H23N3/c1-11-16(12-7-3-5-9-14(12)18-11)19(2)15-10-6-4-8-13(15)17/h3,5,7,9,13,15,18H,4,6,8,10,17H2,1-2H3. The maximum atomic E-state index is 6.33. The lowest BCUT2D eigenvalue weighted by molar-refractivity contribution is 0.374. The molecule has 1 fully saturated rings. The average molecular weight is 257 g/mol. The predicted molar refractivity (Wildman–Crippen MR) is 81.7 cm³/mol. The highest BCUT2D eigenvalue weighted by Crippen LogP contribution is 2.33. The Morgan fingerprint density at radius 1 is 1.21 bits per heavy atom. The molecular formula is C16H23N3. The van der Waals surface area contributed by atoms with Crippen molar-refractivity contribution in [3.8, 4) is 0 Å². The summed E-state index contributed by atoms with van der Waals surface area (Å²) in [6.45, 7) is 2.15. The lowest BCUT2D eigenvalue weighted by Gasteiger charge is -2.37. The van der Waals surface area contributed by atoms with Crippen LogP contribution in [0.3, 0.4) is 0 Å². The lowest BCUT2D eigenvalue weighted by Crippen LogP contribution is -2.48. The van der Waals surface area contributed by atoms with Crippen LogP contribution < -0.4 is 10.6 Å². The number of nitrogens with two attached hydrogens (primary N) is 1. The summed E-state index contributed by atoms with van der Waals surface area (Å²) in [5.41, 5.74) is 10.1. The van der Waals surface area contributed by atoms with Crippen molar-refractivity contribution in [1.29, 1.82) is 0 Å². The quantitative estimate of drug-likeness (QED) is 0.868. The van der Waals surface area contributed by atoms with E-state index in [-0.39, 0.29) is 0 Å². The molecule has 2 unspecified atom stereocenters. The number of hydrogen-bond acceptors (Lipinski definition) is 2. The van der Waals surface area contributed by atoms with E-state index in [0.717, 1.165) is 6.42 Å². The smallest absolute Gasteiger partial charge is 0.0654 e. The molecule has 1 aromatic heterocycles. The molecule has 3 heteroatoms. The fourth-order valence-corrected chi connectivity index (χ4v) is 3.50. The van der Waals surface area contributed by atoms with Gasteiger partial charge in [0.2, 0.25) is 0 Å². The summed E-state index contributed by atoms with van der Waals surface area (Å²) in [5, 5.41) is 1.31. The molecule has 1 aliphatic rings. The van der Waals surface area contributed by atoms with E-state index in [4.69, 9.17) is 5.73 Å². The second-order valence-electron chi connectivity index (χ2n) is 5.77. The van der Waals surface area contributed by atoms with Gasteiger partial charge in [-0.3, -0.25) is 0 Å². The highest BCUT2D eigenvalue weighted by molar-refractivity contribution is 5.94. The molecule has 1 heterocycles.